The van der Waals surface area contributed by atoms with E-state index in [1.807, 2.05) is 32.0 Å². The third-order valence-corrected chi connectivity index (χ3v) is 5.48. The molecule has 0 aliphatic carbocycles. The maximum atomic E-state index is 12.3. The first kappa shape index (κ1) is 19.8. The van der Waals surface area contributed by atoms with Crippen molar-refractivity contribution in [2.24, 2.45) is 0 Å². The summed E-state index contributed by atoms with van der Waals surface area (Å²) in [6, 6.07) is 5.23. The third-order valence-electron chi connectivity index (χ3n) is 4.56. The summed E-state index contributed by atoms with van der Waals surface area (Å²) in [5, 5.41) is 15.3. The van der Waals surface area contributed by atoms with Gasteiger partial charge in [-0.25, -0.2) is 4.79 Å². The van der Waals surface area contributed by atoms with E-state index in [0.717, 1.165) is 33.6 Å². The van der Waals surface area contributed by atoms with E-state index >= 15 is 0 Å². The molecule has 1 aliphatic heterocycles. The van der Waals surface area contributed by atoms with Gasteiger partial charge in [0.05, 0.1) is 11.4 Å². The summed E-state index contributed by atoms with van der Waals surface area (Å²) in [5.74, 6) is -1.06. The molecule has 0 saturated carbocycles. The maximum Gasteiger partial charge on any atom is 0.344 e. The highest BCUT2D eigenvalue weighted by molar-refractivity contribution is 7.99. The summed E-state index contributed by atoms with van der Waals surface area (Å²) in [6.45, 7) is 7.35. The Morgan fingerprint density at radius 1 is 1.32 bits per heavy atom. The van der Waals surface area contributed by atoms with Gasteiger partial charge in [-0.3, -0.25) is 15.0 Å². The van der Waals surface area contributed by atoms with Gasteiger partial charge in [0.25, 0.3) is 5.91 Å². The quantitative estimate of drug-likeness (QED) is 0.547. The number of aromatic nitrogens is 4. The van der Waals surface area contributed by atoms with Crippen LogP contribution in [0.3, 0.4) is 0 Å². The molecule has 0 spiro atoms. The molecule has 148 valence electrons. The van der Waals surface area contributed by atoms with Crippen molar-refractivity contribution >= 4 is 29.6 Å². The number of tetrazole rings is 1. The molecule has 1 aromatic carbocycles. The number of rotatable bonds is 6. The van der Waals surface area contributed by atoms with Gasteiger partial charge in [0.2, 0.25) is 11.1 Å². The lowest BCUT2D eigenvalue weighted by atomic mass is 10.00. The largest absolute Gasteiger partial charge is 0.344 e. The van der Waals surface area contributed by atoms with Crippen molar-refractivity contribution in [3.8, 4) is 5.69 Å². The second-order valence-corrected chi connectivity index (χ2v) is 7.69. The van der Waals surface area contributed by atoms with Crippen molar-refractivity contribution in [3.05, 3.63) is 29.3 Å². The number of hydrogen-bond acceptors (Lipinski definition) is 7. The maximum absolute atomic E-state index is 12.3. The molecule has 2 aromatic rings. The predicted molar refractivity (Wildman–Crippen MR) is 102 cm³/mol. The fraction of sp³-hybridized carbons (Fsp3) is 0.412. The van der Waals surface area contributed by atoms with Gasteiger partial charge in [0, 0.05) is 0 Å². The van der Waals surface area contributed by atoms with E-state index in [4.69, 9.17) is 0 Å². The molecule has 0 bridgehead atoms. The lowest BCUT2D eigenvalue weighted by Gasteiger charge is -2.19. The van der Waals surface area contributed by atoms with Gasteiger partial charge in [0.1, 0.15) is 5.54 Å². The van der Waals surface area contributed by atoms with Crippen molar-refractivity contribution < 1.29 is 14.4 Å². The monoisotopic (exact) mass is 403 g/mol. The van der Waals surface area contributed by atoms with E-state index in [-0.39, 0.29) is 5.75 Å². The SMILES string of the molecule is CCC1(C)NC(=O)N(NC(=O)CSc2nnnn2-c2ccc(C)cc2C)C1=O. The molecular formula is C17H21N7O3S. The van der Waals surface area contributed by atoms with E-state index in [9.17, 15) is 14.4 Å². The minimum Gasteiger partial charge on any atom is -0.322 e. The summed E-state index contributed by atoms with van der Waals surface area (Å²) in [6.07, 6.45) is 0.420. The van der Waals surface area contributed by atoms with Crippen LogP contribution in [0.5, 0.6) is 0 Å². The Morgan fingerprint density at radius 3 is 2.71 bits per heavy atom. The number of nitrogens with one attached hydrogen (secondary N) is 2. The molecule has 1 atom stereocenters. The molecule has 1 saturated heterocycles. The second-order valence-electron chi connectivity index (χ2n) is 6.74. The zero-order valence-corrected chi connectivity index (χ0v) is 16.8. The Morgan fingerprint density at radius 2 is 2.07 bits per heavy atom. The molecule has 1 aliphatic rings. The highest BCUT2D eigenvalue weighted by Gasteiger charge is 2.47. The number of hydrazine groups is 1. The first-order chi connectivity index (χ1) is 13.2. The van der Waals surface area contributed by atoms with Crippen molar-refractivity contribution in [2.75, 3.05) is 5.75 Å². The van der Waals surface area contributed by atoms with Gasteiger partial charge in [-0.1, -0.05) is 36.4 Å². The van der Waals surface area contributed by atoms with Crippen molar-refractivity contribution in [2.45, 2.75) is 44.8 Å². The Hall–Kier alpha value is -2.95. The average molecular weight is 403 g/mol. The number of imide groups is 1. The molecule has 3 rings (SSSR count). The number of carbonyl (C=O) groups excluding carboxylic acids is 3. The molecule has 28 heavy (non-hydrogen) atoms. The van der Waals surface area contributed by atoms with Crippen molar-refractivity contribution in [1.82, 2.24) is 36.0 Å². The van der Waals surface area contributed by atoms with E-state index in [0.29, 0.717) is 11.6 Å². The number of hydrogen-bond donors (Lipinski definition) is 2. The van der Waals surface area contributed by atoms with Gasteiger partial charge in [-0.2, -0.15) is 9.69 Å². The molecule has 1 unspecified atom stereocenters. The standard InChI is InChI=1S/C17H21N7O3S/c1-5-17(4)14(26)24(15(27)18-17)20-13(25)9-28-16-19-21-22-23(16)12-7-6-10(2)8-11(12)3/h6-8H,5,9H2,1-4H3,(H,18,27)(H,20,25). The summed E-state index contributed by atoms with van der Waals surface area (Å²) in [7, 11) is 0. The van der Waals surface area contributed by atoms with Crippen LogP contribution in [0.2, 0.25) is 0 Å². The van der Waals surface area contributed by atoms with Crippen LogP contribution in [0.25, 0.3) is 5.69 Å². The van der Waals surface area contributed by atoms with Gasteiger partial charge in [0.15, 0.2) is 0 Å². The summed E-state index contributed by atoms with van der Waals surface area (Å²) < 4.78 is 1.55. The zero-order chi connectivity index (χ0) is 20.5. The predicted octanol–water partition coefficient (Wildman–Crippen LogP) is 1.12. The molecule has 0 radical (unpaired) electrons. The Labute approximate surface area is 166 Å². The first-order valence-electron chi connectivity index (χ1n) is 8.70. The van der Waals surface area contributed by atoms with Gasteiger partial charge >= 0.3 is 6.03 Å². The minimum atomic E-state index is -1.01. The Kier molecular flexibility index (Phi) is 5.36. The molecule has 2 heterocycles. The molecule has 1 fully saturated rings. The fourth-order valence-electron chi connectivity index (χ4n) is 2.78. The van der Waals surface area contributed by atoms with Crippen molar-refractivity contribution in [3.63, 3.8) is 0 Å². The number of aryl methyl sites for hydroxylation is 2. The van der Waals surface area contributed by atoms with E-state index in [2.05, 4.69) is 26.3 Å². The van der Waals surface area contributed by atoms with Crippen LogP contribution in [0, 0.1) is 13.8 Å². The lowest BCUT2D eigenvalue weighted by Crippen LogP contribution is -2.49. The number of urea groups is 1. The summed E-state index contributed by atoms with van der Waals surface area (Å²) in [5.41, 5.74) is 4.26. The van der Waals surface area contributed by atoms with E-state index < -0.39 is 23.4 Å². The number of carbonyl (C=O) groups is 3. The molecule has 11 heteroatoms. The first-order valence-corrected chi connectivity index (χ1v) is 9.68. The minimum absolute atomic E-state index is 0.0643. The van der Waals surface area contributed by atoms with Crippen molar-refractivity contribution in [1.29, 1.82) is 0 Å². The zero-order valence-electron chi connectivity index (χ0n) is 16.0. The van der Waals surface area contributed by atoms with E-state index in [1.165, 1.54) is 0 Å². The number of amides is 4. The second kappa shape index (κ2) is 7.58. The number of benzene rings is 1. The van der Waals surface area contributed by atoms with Crippen LogP contribution < -0.4 is 10.7 Å². The topological polar surface area (TPSA) is 122 Å². The lowest BCUT2D eigenvalue weighted by molar-refractivity contribution is -0.137. The van der Waals surface area contributed by atoms with Gasteiger partial charge < -0.3 is 5.32 Å². The van der Waals surface area contributed by atoms with Gasteiger partial charge in [-0.05, 0) is 49.2 Å². The molecular weight excluding hydrogens is 382 g/mol. The Balaban J connectivity index is 1.66. The smallest absolute Gasteiger partial charge is 0.322 e. The Bertz CT molecular complexity index is 945. The summed E-state index contributed by atoms with van der Waals surface area (Å²) in [4.78, 5) is 36.6. The molecule has 10 nitrogen and oxygen atoms in total. The summed E-state index contributed by atoms with van der Waals surface area (Å²) >= 11 is 1.11. The highest BCUT2D eigenvalue weighted by atomic mass is 32.2. The van der Waals surface area contributed by atoms with Crippen LogP contribution in [-0.4, -0.2) is 54.4 Å². The van der Waals surface area contributed by atoms with Crippen LogP contribution in [-0.2, 0) is 9.59 Å². The third kappa shape index (κ3) is 3.70. The molecule has 4 amide bonds. The molecule has 2 N–H and O–H groups in total. The van der Waals surface area contributed by atoms with E-state index in [1.54, 1.807) is 18.5 Å². The van der Waals surface area contributed by atoms with Crippen LogP contribution >= 0.6 is 11.8 Å². The number of nitrogens with zero attached hydrogens (tertiary/aromatic N) is 5. The molecule has 1 aromatic heterocycles. The number of thioether (sulfide) groups is 1. The van der Waals surface area contributed by atoms with Gasteiger partial charge in [-0.15, -0.1) is 5.10 Å². The fourth-order valence-corrected chi connectivity index (χ4v) is 3.45. The van der Waals surface area contributed by atoms with Crippen LogP contribution in [0.15, 0.2) is 23.4 Å². The average Bonchev–Trinajstić information content (AvgIpc) is 3.19. The van der Waals surface area contributed by atoms with Crippen LogP contribution in [0.4, 0.5) is 4.79 Å². The van der Waals surface area contributed by atoms with Crippen LogP contribution in [0.1, 0.15) is 31.4 Å². The normalized spacial score (nSPS) is 19.1. The highest BCUT2D eigenvalue weighted by Crippen LogP contribution is 2.22.